The summed E-state index contributed by atoms with van der Waals surface area (Å²) in [6.07, 6.45) is 2.95. The maximum Gasteiger partial charge on any atom is 0.338 e. The van der Waals surface area contributed by atoms with Gasteiger partial charge in [0.25, 0.3) is 0 Å². The predicted molar refractivity (Wildman–Crippen MR) is 163 cm³/mol. The molecule has 0 radical (unpaired) electrons. The highest BCUT2D eigenvalue weighted by Gasteiger charge is 2.34. The van der Waals surface area contributed by atoms with Crippen molar-refractivity contribution in [3.63, 3.8) is 0 Å². The van der Waals surface area contributed by atoms with E-state index in [4.69, 9.17) is 9.97 Å². The molecule has 0 fully saturated rings. The topological polar surface area (TPSA) is 132 Å². The van der Waals surface area contributed by atoms with Crippen molar-refractivity contribution in [3.8, 4) is 0 Å². The highest BCUT2D eigenvalue weighted by atomic mass is 16.4. The molecule has 8 heteroatoms. The first kappa shape index (κ1) is 28.1. The number of aliphatic carboxylic acids is 2. The van der Waals surface area contributed by atoms with Gasteiger partial charge in [-0.1, -0.05) is 33.4 Å². The van der Waals surface area contributed by atoms with Crippen LogP contribution < -0.4 is 0 Å². The lowest BCUT2D eigenvalue weighted by Crippen LogP contribution is -2.12. The molecular formula is C33H36N4O4. The fourth-order valence-corrected chi connectivity index (χ4v) is 6.41. The first-order valence-corrected chi connectivity index (χ1v) is 14.1. The van der Waals surface area contributed by atoms with E-state index in [-0.39, 0.29) is 29.5 Å². The van der Waals surface area contributed by atoms with Crippen molar-refractivity contribution in [2.45, 2.75) is 72.6 Å². The van der Waals surface area contributed by atoms with E-state index in [1.165, 1.54) is 0 Å². The summed E-state index contributed by atoms with van der Waals surface area (Å²) in [6.45, 7) is 16.1. The average molecular weight is 553 g/mol. The maximum absolute atomic E-state index is 12.6. The number of aromatic nitrogens is 4. The number of hydrogen-bond acceptors (Lipinski definition) is 4. The molecule has 5 heterocycles. The molecule has 212 valence electrons. The Morgan fingerprint density at radius 1 is 0.951 bits per heavy atom. The fourth-order valence-electron chi connectivity index (χ4n) is 6.41. The number of nitrogens with one attached hydrogen (secondary N) is 2. The van der Waals surface area contributed by atoms with Gasteiger partial charge in [0.05, 0.1) is 29.1 Å². The highest BCUT2D eigenvalue weighted by molar-refractivity contribution is 6.24. The standard InChI is InChI=1S/C33H36N4O4/c1-8-19-15(4)23-12-25-17(6)21(10-3)31(36-25)22(11-29(38)39)32-30(33(40)41)18(7)26(37-32)14-28-20(9-2)16(5)24(35-28)13-27(19)34-23/h8,12-14,17,21,34-35H,1,9-11H2,2-7H3,(H,38,39)(H,40,41)/t17-,21-/m0/s1. The molecule has 0 saturated heterocycles. The van der Waals surface area contributed by atoms with Crippen LogP contribution in [0.3, 0.4) is 0 Å². The van der Waals surface area contributed by atoms with Crippen molar-refractivity contribution in [3.05, 3.63) is 75.4 Å². The zero-order valence-electron chi connectivity index (χ0n) is 24.4. The second-order valence-electron chi connectivity index (χ2n) is 11.0. The van der Waals surface area contributed by atoms with Gasteiger partial charge in [-0.2, -0.15) is 0 Å². The van der Waals surface area contributed by atoms with Gasteiger partial charge in [0, 0.05) is 50.7 Å². The van der Waals surface area contributed by atoms with Crippen LogP contribution in [-0.4, -0.2) is 42.1 Å². The lowest BCUT2D eigenvalue weighted by Gasteiger charge is -2.16. The molecule has 8 nitrogen and oxygen atoms in total. The minimum Gasteiger partial charge on any atom is -0.481 e. The number of carboxylic acids is 2. The van der Waals surface area contributed by atoms with E-state index in [9.17, 15) is 19.8 Å². The molecule has 4 N–H and O–H groups in total. The molecule has 3 aromatic rings. The number of nitrogens with zero attached hydrogens (tertiary/aromatic N) is 2. The lowest BCUT2D eigenvalue weighted by molar-refractivity contribution is -0.136. The van der Waals surface area contributed by atoms with Crippen LogP contribution >= 0.6 is 0 Å². The quantitative estimate of drug-likeness (QED) is 0.258. The van der Waals surface area contributed by atoms with Crippen LogP contribution in [0.4, 0.5) is 0 Å². The fraction of sp³-hybridized carbons (Fsp3) is 0.333. The van der Waals surface area contributed by atoms with Gasteiger partial charge in [-0.05, 0) is 74.1 Å². The first-order chi connectivity index (χ1) is 19.5. The van der Waals surface area contributed by atoms with Gasteiger partial charge >= 0.3 is 11.9 Å². The summed E-state index contributed by atoms with van der Waals surface area (Å²) < 4.78 is 0. The summed E-state index contributed by atoms with van der Waals surface area (Å²) in [5.41, 5.74) is 10.8. The summed E-state index contributed by atoms with van der Waals surface area (Å²) in [5, 5.41) is 20.3. The number of fused-ring (bicyclic) bond motifs is 8. The molecule has 5 rings (SSSR count). The van der Waals surface area contributed by atoms with Crippen LogP contribution in [0, 0.1) is 13.8 Å². The molecule has 2 atom stereocenters. The molecule has 0 unspecified atom stereocenters. The van der Waals surface area contributed by atoms with Crippen molar-refractivity contribution in [2.75, 3.05) is 0 Å². The first-order valence-electron chi connectivity index (χ1n) is 14.1. The monoisotopic (exact) mass is 552 g/mol. The Kier molecular flexibility index (Phi) is 7.19. The third kappa shape index (κ3) is 4.57. The molecule has 0 aromatic carbocycles. The Morgan fingerprint density at radius 2 is 1.63 bits per heavy atom. The zero-order valence-corrected chi connectivity index (χ0v) is 24.4. The number of rotatable bonds is 6. The van der Waals surface area contributed by atoms with Crippen molar-refractivity contribution in [1.29, 1.82) is 0 Å². The van der Waals surface area contributed by atoms with Gasteiger partial charge in [-0.3, -0.25) is 9.78 Å². The molecule has 0 amide bonds. The van der Waals surface area contributed by atoms with Gasteiger partial charge in [-0.15, -0.1) is 0 Å². The van der Waals surface area contributed by atoms with Crippen molar-refractivity contribution in [1.82, 2.24) is 19.9 Å². The van der Waals surface area contributed by atoms with Gasteiger partial charge in [-0.25, -0.2) is 9.78 Å². The molecule has 0 saturated carbocycles. The SMILES string of the molecule is C=Cc1c(C)c2cc3nc(c(CC(=O)O)c4nc(cc5[nH]c(cc1[nH]2)c(C)c5CC)C(C)=C4C(=O)O)[C@@H](CC)[C@@H]3C. The Labute approximate surface area is 238 Å². The molecule has 2 aliphatic rings. The predicted octanol–water partition coefficient (Wildman–Crippen LogP) is 7.08. The number of carbonyl (C=O) groups is 2. The maximum atomic E-state index is 12.6. The lowest BCUT2D eigenvalue weighted by atomic mass is 9.86. The average Bonchev–Trinajstić information content (AvgIpc) is 3.59. The van der Waals surface area contributed by atoms with E-state index in [2.05, 4.69) is 43.4 Å². The van der Waals surface area contributed by atoms with E-state index in [0.29, 0.717) is 28.9 Å². The van der Waals surface area contributed by atoms with Crippen molar-refractivity contribution >= 4 is 51.2 Å². The van der Waals surface area contributed by atoms with Crippen LogP contribution in [0.1, 0.15) is 96.5 Å². The summed E-state index contributed by atoms with van der Waals surface area (Å²) in [7, 11) is 0. The van der Waals surface area contributed by atoms with Crippen LogP contribution in [-0.2, 0) is 22.4 Å². The molecule has 0 spiro atoms. The minimum absolute atomic E-state index is 0.00735. The number of aromatic amines is 2. The Morgan fingerprint density at radius 3 is 2.24 bits per heavy atom. The number of aryl methyl sites for hydroxylation is 3. The third-order valence-electron chi connectivity index (χ3n) is 8.71. The number of carboxylic acid groups (broad SMARTS) is 2. The van der Waals surface area contributed by atoms with Gasteiger partial charge < -0.3 is 20.2 Å². The summed E-state index contributed by atoms with van der Waals surface area (Å²) in [4.78, 5) is 41.7. The van der Waals surface area contributed by atoms with E-state index in [1.54, 1.807) is 6.92 Å². The number of hydrogen-bond donors (Lipinski definition) is 4. The van der Waals surface area contributed by atoms with Gasteiger partial charge in [0.1, 0.15) is 0 Å². The second-order valence-corrected chi connectivity index (χ2v) is 11.0. The Bertz CT molecular complexity index is 1820. The van der Waals surface area contributed by atoms with E-state index in [0.717, 1.165) is 56.4 Å². The molecule has 8 bridgehead atoms. The van der Waals surface area contributed by atoms with Crippen molar-refractivity contribution < 1.29 is 19.8 Å². The minimum atomic E-state index is -1.14. The summed E-state index contributed by atoms with van der Waals surface area (Å²) >= 11 is 0. The smallest absolute Gasteiger partial charge is 0.338 e. The van der Waals surface area contributed by atoms with E-state index >= 15 is 0 Å². The van der Waals surface area contributed by atoms with Crippen LogP contribution in [0.25, 0.3) is 39.3 Å². The normalized spacial score (nSPS) is 16.7. The third-order valence-corrected chi connectivity index (χ3v) is 8.71. The number of H-pyrrole nitrogens is 2. The molecular weight excluding hydrogens is 516 g/mol. The van der Waals surface area contributed by atoms with Gasteiger partial charge in [0.15, 0.2) is 0 Å². The molecule has 41 heavy (non-hydrogen) atoms. The molecule has 3 aromatic heterocycles. The second kappa shape index (κ2) is 10.5. The van der Waals surface area contributed by atoms with Crippen molar-refractivity contribution in [2.24, 2.45) is 0 Å². The van der Waals surface area contributed by atoms with Crippen LogP contribution in [0.2, 0.25) is 0 Å². The summed E-state index contributed by atoms with van der Waals surface area (Å²) in [5.74, 6) is -2.29. The zero-order chi connectivity index (χ0) is 29.7. The Balaban J connectivity index is 2.07. The highest BCUT2D eigenvalue weighted by Crippen LogP contribution is 2.43. The largest absolute Gasteiger partial charge is 0.481 e. The molecule has 2 aliphatic heterocycles. The van der Waals surface area contributed by atoms with Crippen LogP contribution in [0.15, 0.2) is 24.8 Å². The molecule has 0 aliphatic carbocycles. The number of allylic oxidation sites excluding steroid dienone is 1. The van der Waals surface area contributed by atoms with E-state index < -0.39 is 11.9 Å². The Hall–Kier alpha value is -4.46. The van der Waals surface area contributed by atoms with Crippen LogP contribution in [0.5, 0.6) is 0 Å². The summed E-state index contributed by atoms with van der Waals surface area (Å²) in [6, 6.07) is 5.99. The van der Waals surface area contributed by atoms with Gasteiger partial charge in [0.2, 0.25) is 0 Å². The van der Waals surface area contributed by atoms with E-state index in [1.807, 2.05) is 32.1 Å².